The second kappa shape index (κ2) is 7.48. The molecule has 0 saturated heterocycles. The van der Waals surface area contributed by atoms with Crippen molar-refractivity contribution in [3.05, 3.63) is 114 Å². The number of nitrogens with zero attached hydrogens (tertiary/aromatic N) is 3. The highest BCUT2D eigenvalue weighted by Crippen LogP contribution is 2.19. The van der Waals surface area contributed by atoms with Crippen molar-refractivity contribution >= 4 is 44.7 Å². The summed E-state index contributed by atoms with van der Waals surface area (Å²) in [6.07, 6.45) is 2.04. The van der Waals surface area contributed by atoms with E-state index in [4.69, 9.17) is 11.6 Å². The van der Waals surface area contributed by atoms with E-state index in [0.29, 0.717) is 9.55 Å². The largest absolute Gasteiger partial charge is 0.296 e. The second-order valence-electron chi connectivity index (χ2n) is 6.81. The van der Waals surface area contributed by atoms with E-state index in [0.717, 1.165) is 33.2 Å². The first-order valence-corrected chi connectivity index (χ1v) is 10.5. The van der Waals surface area contributed by atoms with Gasteiger partial charge in [-0.2, -0.15) is 14.6 Å². The van der Waals surface area contributed by atoms with Crippen LogP contribution < -0.4 is 15.7 Å². The Balaban J connectivity index is 1.66. The van der Waals surface area contributed by atoms with Crippen LogP contribution >= 0.6 is 22.9 Å². The van der Waals surface area contributed by atoms with Crippen molar-refractivity contribution in [2.24, 2.45) is 0 Å². The van der Waals surface area contributed by atoms with Gasteiger partial charge in [0.25, 0.3) is 11.1 Å². The van der Waals surface area contributed by atoms with Crippen LogP contribution in [0.25, 0.3) is 21.8 Å². The molecule has 0 bridgehead atoms. The van der Waals surface area contributed by atoms with E-state index in [9.17, 15) is 9.59 Å². The molecular weight excluding hydrogens is 418 g/mol. The van der Waals surface area contributed by atoms with E-state index < -0.39 is 5.56 Å². The van der Waals surface area contributed by atoms with Gasteiger partial charge in [0.2, 0.25) is 4.96 Å². The third-order valence-electron chi connectivity index (χ3n) is 4.88. The summed E-state index contributed by atoms with van der Waals surface area (Å²) in [6.45, 7) is 0. The van der Waals surface area contributed by atoms with Gasteiger partial charge >= 0.3 is 0 Å². The van der Waals surface area contributed by atoms with Gasteiger partial charge in [-0.3, -0.25) is 9.59 Å². The van der Waals surface area contributed by atoms with Gasteiger partial charge in [-0.25, -0.2) is 0 Å². The number of hydrogen-bond donors (Lipinski definition) is 0. The zero-order valence-corrected chi connectivity index (χ0v) is 17.2. The van der Waals surface area contributed by atoms with Crippen molar-refractivity contribution in [3.63, 3.8) is 0 Å². The van der Waals surface area contributed by atoms with Crippen LogP contribution in [0.2, 0.25) is 5.02 Å². The van der Waals surface area contributed by atoms with E-state index in [1.807, 2.05) is 66.7 Å². The molecule has 7 heteroatoms. The summed E-state index contributed by atoms with van der Waals surface area (Å²) in [5, 5.41) is 6.98. The van der Waals surface area contributed by atoms with Gasteiger partial charge in [0.1, 0.15) is 5.69 Å². The molecule has 2 heterocycles. The second-order valence-corrected chi connectivity index (χ2v) is 8.23. The number of aromatic nitrogens is 3. The maximum absolute atomic E-state index is 13.0. The molecule has 5 nitrogen and oxygen atoms in total. The molecule has 0 radical (unpaired) electrons. The lowest BCUT2D eigenvalue weighted by atomic mass is 10.0. The monoisotopic (exact) mass is 431 g/mol. The van der Waals surface area contributed by atoms with Gasteiger partial charge in [0.05, 0.1) is 4.53 Å². The predicted octanol–water partition coefficient (Wildman–Crippen LogP) is 3.46. The molecule has 0 aliphatic heterocycles. The molecule has 0 N–H and O–H groups in total. The van der Waals surface area contributed by atoms with Gasteiger partial charge in [-0.05, 0) is 34.0 Å². The first kappa shape index (κ1) is 18.7. The Labute approximate surface area is 179 Å². The molecule has 0 aliphatic rings. The summed E-state index contributed by atoms with van der Waals surface area (Å²) in [7, 11) is 0. The van der Waals surface area contributed by atoms with Gasteiger partial charge < -0.3 is 0 Å². The molecule has 2 aromatic heterocycles. The maximum atomic E-state index is 13.0. The Kier molecular flexibility index (Phi) is 4.65. The number of rotatable bonds is 3. The molecule has 30 heavy (non-hydrogen) atoms. The maximum Gasteiger partial charge on any atom is 0.296 e. The Morgan fingerprint density at radius 3 is 2.60 bits per heavy atom. The summed E-state index contributed by atoms with van der Waals surface area (Å²) in [6, 6.07) is 21.1. The van der Waals surface area contributed by atoms with Crippen LogP contribution in [0.3, 0.4) is 0 Å². The summed E-state index contributed by atoms with van der Waals surface area (Å²) >= 11 is 7.35. The van der Waals surface area contributed by atoms with Crippen LogP contribution in [-0.2, 0) is 6.42 Å². The van der Waals surface area contributed by atoms with Gasteiger partial charge in [-0.1, -0.05) is 83.6 Å². The zero-order valence-electron chi connectivity index (χ0n) is 15.6. The molecule has 0 amide bonds. The molecule has 0 aliphatic carbocycles. The molecule has 0 atom stereocenters. The number of hydrogen-bond acceptors (Lipinski definition) is 5. The van der Waals surface area contributed by atoms with E-state index >= 15 is 0 Å². The van der Waals surface area contributed by atoms with Crippen LogP contribution in [0.1, 0.15) is 16.8 Å². The summed E-state index contributed by atoms with van der Waals surface area (Å²) < 4.78 is 1.68. The van der Waals surface area contributed by atoms with Crippen molar-refractivity contribution in [1.29, 1.82) is 0 Å². The van der Waals surface area contributed by atoms with Crippen LogP contribution in [0.4, 0.5) is 0 Å². The fourth-order valence-electron chi connectivity index (χ4n) is 3.39. The molecule has 5 rings (SSSR count). The zero-order chi connectivity index (χ0) is 20.7. The fourth-order valence-corrected chi connectivity index (χ4v) is 4.49. The molecule has 0 fully saturated rings. The van der Waals surface area contributed by atoms with E-state index in [2.05, 4.69) is 10.1 Å². The fraction of sp³-hybridized carbons (Fsp3) is 0.0435. The third kappa shape index (κ3) is 3.30. The number of thiazole rings is 1. The average Bonchev–Trinajstić information content (AvgIpc) is 3.04. The topological polar surface area (TPSA) is 64.3 Å². The molecule has 146 valence electrons. The lowest BCUT2D eigenvalue weighted by Crippen LogP contribution is -2.28. The van der Waals surface area contributed by atoms with Crippen molar-refractivity contribution in [2.45, 2.75) is 6.42 Å². The van der Waals surface area contributed by atoms with Gasteiger partial charge in [-0.15, -0.1) is 0 Å². The molecule has 0 saturated carbocycles. The highest BCUT2D eigenvalue weighted by atomic mass is 35.5. The van der Waals surface area contributed by atoms with Crippen molar-refractivity contribution < 1.29 is 0 Å². The van der Waals surface area contributed by atoms with E-state index in [1.165, 1.54) is 4.52 Å². The Morgan fingerprint density at radius 2 is 1.73 bits per heavy atom. The first-order valence-electron chi connectivity index (χ1n) is 9.26. The Morgan fingerprint density at radius 1 is 0.967 bits per heavy atom. The van der Waals surface area contributed by atoms with Crippen LogP contribution in [0, 0.1) is 0 Å². The standard InChI is InChI=1S/C23H14ClN3O2S/c24-18-11-4-2-7-16(18)12-19-21(28)25-23-27(26-19)22(29)20(30-23)13-15-9-5-8-14-6-1-3-10-17(14)15/h1-11,13H,12H2. The minimum absolute atomic E-state index is 0.187. The van der Waals surface area contributed by atoms with Crippen LogP contribution in [0.5, 0.6) is 0 Å². The summed E-state index contributed by atoms with van der Waals surface area (Å²) in [4.78, 5) is 29.8. The normalized spacial score (nSPS) is 12.1. The van der Waals surface area contributed by atoms with Crippen LogP contribution in [0.15, 0.2) is 76.3 Å². The third-order valence-corrected chi connectivity index (χ3v) is 6.20. The van der Waals surface area contributed by atoms with Crippen molar-refractivity contribution in [2.75, 3.05) is 0 Å². The molecule has 3 aromatic carbocycles. The molecule has 5 aromatic rings. The van der Waals surface area contributed by atoms with Gasteiger partial charge in [0, 0.05) is 11.4 Å². The molecular formula is C23H14ClN3O2S. The quantitative estimate of drug-likeness (QED) is 0.439. The number of halogens is 1. The number of fused-ring (bicyclic) bond motifs is 2. The highest BCUT2D eigenvalue weighted by Gasteiger charge is 2.13. The van der Waals surface area contributed by atoms with Gasteiger partial charge in [0.15, 0.2) is 0 Å². The number of benzene rings is 3. The van der Waals surface area contributed by atoms with Crippen molar-refractivity contribution in [1.82, 2.24) is 14.6 Å². The summed E-state index contributed by atoms with van der Waals surface area (Å²) in [5.41, 5.74) is 1.13. The smallest absolute Gasteiger partial charge is 0.266 e. The van der Waals surface area contributed by atoms with E-state index in [-0.39, 0.29) is 22.6 Å². The Bertz CT molecular complexity index is 1580. The van der Waals surface area contributed by atoms with Crippen molar-refractivity contribution in [3.8, 4) is 0 Å². The predicted molar refractivity (Wildman–Crippen MR) is 120 cm³/mol. The summed E-state index contributed by atoms with van der Waals surface area (Å²) in [5.74, 6) is 0. The Hall–Kier alpha value is -3.35. The highest BCUT2D eigenvalue weighted by molar-refractivity contribution is 7.15. The molecule has 0 unspecified atom stereocenters. The SMILES string of the molecule is O=c1nc2sc(=Cc3cccc4ccccc34)c(=O)n2nc1Cc1ccccc1Cl. The average molecular weight is 432 g/mol. The van der Waals surface area contributed by atoms with Crippen LogP contribution in [-0.4, -0.2) is 14.6 Å². The minimum Gasteiger partial charge on any atom is -0.266 e. The lowest BCUT2D eigenvalue weighted by molar-refractivity contribution is 0.811. The van der Waals surface area contributed by atoms with E-state index in [1.54, 1.807) is 6.07 Å². The lowest BCUT2D eigenvalue weighted by Gasteiger charge is -2.02. The minimum atomic E-state index is -0.451. The first-order chi connectivity index (χ1) is 14.6. The molecule has 0 spiro atoms.